The second-order valence-electron chi connectivity index (χ2n) is 4.45. The SMILES string of the molecule is COc1cc(OC)nc(NCC(C)(C)CO)n1. The van der Waals surface area contributed by atoms with Crippen LogP contribution >= 0.6 is 0 Å². The maximum Gasteiger partial charge on any atom is 0.229 e. The Kier molecular flexibility index (Phi) is 4.51. The molecule has 6 nitrogen and oxygen atoms in total. The fraction of sp³-hybridized carbons (Fsp3) is 0.636. The average molecular weight is 241 g/mol. The number of aliphatic hydroxyl groups excluding tert-OH is 1. The molecule has 1 aromatic heterocycles. The Balaban J connectivity index is 2.76. The lowest BCUT2D eigenvalue weighted by Gasteiger charge is -2.21. The highest BCUT2D eigenvalue weighted by Crippen LogP contribution is 2.19. The second kappa shape index (κ2) is 5.67. The molecule has 0 radical (unpaired) electrons. The van der Waals surface area contributed by atoms with Crippen molar-refractivity contribution in [3.05, 3.63) is 6.07 Å². The van der Waals surface area contributed by atoms with E-state index in [1.54, 1.807) is 6.07 Å². The lowest BCUT2D eigenvalue weighted by atomic mass is 9.95. The summed E-state index contributed by atoms with van der Waals surface area (Å²) in [5, 5.41) is 12.2. The van der Waals surface area contributed by atoms with Crippen molar-refractivity contribution in [3.8, 4) is 11.8 Å². The molecule has 1 rings (SSSR count). The van der Waals surface area contributed by atoms with Gasteiger partial charge in [-0.3, -0.25) is 0 Å². The number of rotatable bonds is 6. The molecule has 0 aliphatic heterocycles. The third kappa shape index (κ3) is 4.07. The lowest BCUT2D eigenvalue weighted by molar-refractivity contribution is 0.170. The van der Waals surface area contributed by atoms with Crippen molar-refractivity contribution >= 4 is 5.95 Å². The van der Waals surface area contributed by atoms with Crippen molar-refractivity contribution in [2.45, 2.75) is 13.8 Å². The van der Waals surface area contributed by atoms with Crippen LogP contribution in [0.25, 0.3) is 0 Å². The quantitative estimate of drug-likeness (QED) is 0.771. The van der Waals surface area contributed by atoms with Crippen molar-refractivity contribution in [1.29, 1.82) is 0 Å². The molecular weight excluding hydrogens is 222 g/mol. The molecule has 0 aliphatic carbocycles. The van der Waals surface area contributed by atoms with Gasteiger partial charge in [-0.1, -0.05) is 13.8 Å². The number of anilines is 1. The van der Waals surface area contributed by atoms with Gasteiger partial charge in [0, 0.05) is 18.6 Å². The molecule has 0 atom stereocenters. The van der Waals surface area contributed by atoms with Gasteiger partial charge in [0.2, 0.25) is 17.7 Å². The third-order valence-electron chi connectivity index (χ3n) is 2.25. The summed E-state index contributed by atoms with van der Waals surface area (Å²) in [6.45, 7) is 4.52. The fourth-order valence-corrected chi connectivity index (χ4v) is 1.07. The van der Waals surface area contributed by atoms with Gasteiger partial charge in [-0.25, -0.2) is 0 Å². The van der Waals surface area contributed by atoms with E-state index < -0.39 is 0 Å². The van der Waals surface area contributed by atoms with Crippen molar-refractivity contribution in [3.63, 3.8) is 0 Å². The van der Waals surface area contributed by atoms with Gasteiger partial charge in [0.1, 0.15) is 0 Å². The number of nitrogens with one attached hydrogen (secondary N) is 1. The van der Waals surface area contributed by atoms with E-state index in [4.69, 9.17) is 14.6 Å². The van der Waals surface area contributed by atoms with Gasteiger partial charge in [0.15, 0.2) is 0 Å². The highest BCUT2D eigenvalue weighted by atomic mass is 16.5. The van der Waals surface area contributed by atoms with E-state index >= 15 is 0 Å². The van der Waals surface area contributed by atoms with Crippen LogP contribution in [-0.2, 0) is 0 Å². The van der Waals surface area contributed by atoms with Crippen molar-refractivity contribution < 1.29 is 14.6 Å². The number of aliphatic hydroxyl groups is 1. The van der Waals surface area contributed by atoms with Crippen LogP contribution in [0.1, 0.15) is 13.8 Å². The van der Waals surface area contributed by atoms with Crippen LogP contribution in [0.4, 0.5) is 5.95 Å². The Morgan fingerprint density at radius 1 is 1.24 bits per heavy atom. The molecule has 1 aromatic rings. The molecule has 96 valence electrons. The lowest BCUT2D eigenvalue weighted by Crippen LogP contribution is -2.27. The van der Waals surface area contributed by atoms with Gasteiger partial charge in [-0.05, 0) is 0 Å². The van der Waals surface area contributed by atoms with E-state index in [1.165, 1.54) is 14.2 Å². The molecule has 1 heterocycles. The van der Waals surface area contributed by atoms with Gasteiger partial charge in [0.05, 0.1) is 20.3 Å². The standard InChI is InChI=1S/C11H19N3O3/c1-11(2,7-15)6-12-10-13-8(16-3)5-9(14-10)17-4/h5,15H,6-7H2,1-4H3,(H,12,13,14). The zero-order valence-corrected chi connectivity index (χ0v) is 10.6. The van der Waals surface area contributed by atoms with Crippen LogP contribution in [0, 0.1) is 5.41 Å². The van der Waals surface area contributed by atoms with Crippen LogP contribution in [0.5, 0.6) is 11.8 Å². The summed E-state index contributed by atoms with van der Waals surface area (Å²) in [6, 6.07) is 1.60. The predicted octanol–water partition coefficient (Wildman–Crippen LogP) is 0.924. The predicted molar refractivity (Wildman–Crippen MR) is 64.5 cm³/mol. The summed E-state index contributed by atoms with van der Waals surface area (Å²) in [4.78, 5) is 8.26. The molecule has 0 aromatic carbocycles. The van der Waals surface area contributed by atoms with Crippen molar-refractivity contribution in [2.75, 3.05) is 32.7 Å². The molecular formula is C11H19N3O3. The van der Waals surface area contributed by atoms with E-state index in [2.05, 4.69) is 15.3 Å². The van der Waals surface area contributed by atoms with Gasteiger partial charge in [-0.2, -0.15) is 9.97 Å². The zero-order valence-electron chi connectivity index (χ0n) is 10.6. The van der Waals surface area contributed by atoms with Crippen LogP contribution in [-0.4, -0.2) is 42.4 Å². The summed E-state index contributed by atoms with van der Waals surface area (Å²) < 4.78 is 10.1. The van der Waals surface area contributed by atoms with Crippen molar-refractivity contribution in [2.24, 2.45) is 5.41 Å². The molecule has 0 fully saturated rings. The van der Waals surface area contributed by atoms with Gasteiger partial charge >= 0.3 is 0 Å². The summed E-state index contributed by atoms with van der Waals surface area (Å²) in [5.41, 5.74) is -0.236. The van der Waals surface area contributed by atoms with E-state index in [0.29, 0.717) is 24.3 Å². The van der Waals surface area contributed by atoms with E-state index in [-0.39, 0.29) is 12.0 Å². The van der Waals surface area contributed by atoms with E-state index in [1.807, 2.05) is 13.8 Å². The molecule has 17 heavy (non-hydrogen) atoms. The number of hydrogen-bond acceptors (Lipinski definition) is 6. The first-order valence-corrected chi connectivity index (χ1v) is 5.32. The molecule has 0 bridgehead atoms. The summed E-state index contributed by atoms with van der Waals surface area (Å²) in [5.74, 6) is 1.28. The first-order valence-electron chi connectivity index (χ1n) is 5.32. The van der Waals surface area contributed by atoms with E-state index in [0.717, 1.165) is 0 Å². The summed E-state index contributed by atoms with van der Waals surface area (Å²) >= 11 is 0. The monoisotopic (exact) mass is 241 g/mol. The van der Waals surface area contributed by atoms with Gasteiger partial charge in [0.25, 0.3) is 0 Å². The molecule has 2 N–H and O–H groups in total. The average Bonchev–Trinajstić information content (AvgIpc) is 2.36. The van der Waals surface area contributed by atoms with Crippen LogP contribution in [0.15, 0.2) is 6.07 Å². The Morgan fingerprint density at radius 2 is 1.76 bits per heavy atom. The minimum Gasteiger partial charge on any atom is -0.481 e. The molecule has 0 amide bonds. The highest BCUT2D eigenvalue weighted by Gasteiger charge is 2.17. The number of nitrogens with zero attached hydrogens (tertiary/aromatic N) is 2. The zero-order chi connectivity index (χ0) is 12.9. The first kappa shape index (κ1) is 13.5. The molecule has 0 aliphatic rings. The number of hydrogen-bond donors (Lipinski definition) is 2. The maximum atomic E-state index is 9.14. The summed E-state index contributed by atoms with van der Waals surface area (Å²) in [7, 11) is 3.06. The van der Waals surface area contributed by atoms with Crippen molar-refractivity contribution in [1.82, 2.24) is 9.97 Å². The smallest absolute Gasteiger partial charge is 0.229 e. The van der Waals surface area contributed by atoms with Gasteiger partial charge in [-0.15, -0.1) is 0 Å². The fourth-order valence-electron chi connectivity index (χ4n) is 1.07. The Morgan fingerprint density at radius 3 is 2.18 bits per heavy atom. The largest absolute Gasteiger partial charge is 0.481 e. The normalized spacial score (nSPS) is 11.1. The topological polar surface area (TPSA) is 76.5 Å². The first-order chi connectivity index (χ1) is 8.00. The Labute approximate surface area is 101 Å². The third-order valence-corrected chi connectivity index (χ3v) is 2.25. The van der Waals surface area contributed by atoms with Crippen LogP contribution in [0.3, 0.4) is 0 Å². The number of aromatic nitrogens is 2. The van der Waals surface area contributed by atoms with Crippen LogP contribution in [0.2, 0.25) is 0 Å². The molecule has 0 spiro atoms. The summed E-state index contributed by atoms with van der Waals surface area (Å²) in [6.07, 6.45) is 0. The molecule has 0 saturated carbocycles. The maximum absolute atomic E-state index is 9.14. The number of ether oxygens (including phenoxy) is 2. The molecule has 0 saturated heterocycles. The minimum atomic E-state index is -0.236. The Hall–Kier alpha value is -1.56. The van der Waals surface area contributed by atoms with Crippen LogP contribution < -0.4 is 14.8 Å². The van der Waals surface area contributed by atoms with Gasteiger partial charge < -0.3 is 19.9 Å². The Bertz CT molecular complexity index is 347. The highest BCUT2D eigenvalue weighted by molar-refractivity contribution is 5.33. The van der Waals surface area contributed by atoms with E-state index in [9.17, 15) is 0 Å². The minimum absolute atomic E-state index is 0.0844. The number of methoxy groups -OCH3 is 2. The molecule has 0 unspecified atom stereocenters. The second-order valence-corrected chi connectivity index (χ2v) is 4.45. The molecule has 6 heteroatoms.